The van der Waals surface area contributed by atoms with Gasteiger partial charge in [0.1, 0.15) is 4.84 Å². The molecule has 0 aromatic carbocycles. The van der Waals surface area contributed by atoms with Crippen molar-refractivity contribution in [3.05, 3.63) is 11.6 Å². The smallest absolute Gasteiger partial charge is 0.311 e. The van der Waals surface area contributed by atoms with E-state index in [1.807, 2.05) is 13.8 Å². The number of alkyl halides is 2. The van der Waals surface area contributed by atoms with Gasteiger partial charge in [-0.1, -0.05) is 19.9 Å². The number of rotatable bonds is 2. The van der Waals surface area contributed by atoms with Crippen molar-refractivity contribution in [2.45, 2.75) is 18.7 Å². The Morgan fingerprint density at radius 3 is 2.42 bits per heavy atom. The minimum Gasteiger partial charge on any atom is -0.481 e. The lowest BCUT2D eigenvalue weighted by atomic mass is 10.1. The van der Waals surface area contributed by atoms with Crippen LogP contribution in [0, 0.1) is 11.3 Å². The maximum Gasteiger partial charge on any atom is 0.311 e. The van der Waals surface area contributed by atoms with Crippen molar-refractivity contribution in [3.63, 3.8) is 0 Å². The van der Waals surface area contributed by atoms with Gasteiger partial charge in [-0.15, -0.1) is 23.2 Å². The van der Waals surface area contributed by atoms with Gasteiger partial charge >= 0.3 is 5.97 Å². The van der Waals surface area contributed by atoms with Crippen LogP contribution < -0.4 is 0 Å². The van der Waals surface area contributed by atoms with Gasteiger partial charge in [-0.25, -0.2) is 0 Å². The van der Waals surface area contributed by atoms with Gasteiger partial charge < -0.3 is 5.11 Å². The normalized spacial score (nSPS) is 29.4. The Bertz CT molecular complexity index is 243. The standard InChI is InChI=1S/C8H10Cl2O2/c1-8(2)4(3-5(9)10)6(8)7(11)12/h3,5-6H,1-2H3,(H,11,12)/b4-3+/t6-/m1/s1. The molecule has 1 fully saturated rings. The van der Waals surface area contributed by atoms with E-state index in [9.17, 15) is 4.79 Å². The topological polar surface area (TPSA) is 37.3 Å². The molecule has 0 spiro atoms. The molecule has 4 heteroatoms. The minimum absolute atomic E-state index is 0.270. The number of aliphatic carboxylic acids is 1. The SMILES string of the molecule is CC1(C)/C(=C/C(Cl)Cl)[C@@H]1C(=O)O. The predicted octanol–water partition coefficient (Wildman–Crippen LogP) is 2.46. The van der Waals surface area contributed by atoms with Crippen LogP contribution in [-0.4, -0.2) is 15.9 Å². The molecular formula is C8H10Cl2O2. The summed E-state index contributed by atoms with van der Waals surface area (Å²) < 4.78 is 0. The maximum absolute atomic E-state index is 10.6. The molecule has 0 aromatic heterocycles. The van der Waals surface area contributed by atoms with Gasteiger partial charge in [-0.05, 0) is 5.57 Å². The predicted molar refractivity (Wildman–Crippen MR) is 48.5 cm³/mol. The Hall–Kier alpha value is -0.210. The second-order valence-electron chi connectivity index (χ2n) is 3.45. The van der Waals surface area contributed by atoms with Gasteiger partial charge in [0.05, 0.1) is 5.92 Å². The van der Waals surface area contributed by atoms with Crippen molar-refractivity contribution in [2.75, 3.05) is 0 Å². The van der Waals surface area contributed by atoms with Crippen LogP contribution >= 0.6 is 23.2 Å². The lowest BCUT2D eigenvalue weighted by Crippen LogP contribution is -2.02. The van der Waals surface area contributed by atoms with Gasteiger partial charge in [0, 0.05) is 5.41 Å². The molecule has 0 unspecified atom stereocenters. The van der Waals surface area contributed by atoms with Gasteiger partial charge in [-0.3, -0.25) is 4.79 Å². The average molecular weight is 209 g/mol. The molecule has 1 rings (SSSR count). The van der Waals surface area contributed by atoms with Gasteiger partial charge in [-0.2, -0.15) is 0 Å². The minimum atomic E-state index is -0.805. The van der Waals surface area contributed by atoms with Crippen LogP contribution in [0.1, 0.15) is 13.8 Å². The summed E-state index contributed by atoms with van der Waals surface area (Å²) in [6.07, 6.45) is 1.60. The maximum atomic E-state index is 10.6. The third-order valence-corrected chi connectivity index (χ3v) is 2.50. The number of carboxylic acids is 1. The summed E-state index contributed by atoms with van der Waals surface area (Å²) in [7, 11) is 0. The molecule has 0 saturated heterocycles. The molecule has 0 bridgehead atoms. The third-order valence-electron chi connectivity index (χ3n) is 2.25. The van der Waals surface area contributed by atoms with Crippen LogP contribution in [0.2, 0.25) is 0 Å². The zero-order chi connectivity index (χ0) is 9.52. The molecule has 12 heavy (non-hydrogen) atoms. The molecule has 0 aliphatic heterocycles. The molecule has 0 radical (unpaired) electrons. The van der Waals surface area contributed by atoms with Gasteiger partial charge in [0.2, 0.25) is 0 Å². The molecule has 68 valence electrons. The van der Waals surface area contributed by atoms with E-state index in [0.717, 1.165) is 5.57 Å². The van der Waals surface area contributed by atoms with E-state index in [4.69, 9.17) is 28.3 Å². The number of allylic oxidation sites excluding steroid dienone is 1. The van der Waals surface area contributed by atoms with Gasteiger partial charge in [0.25, 0.3) is 0 Å². The van der Waals surface area contributed by atoms with Crippen LogP contribution in [0.25, 0.3) is 0 Å². The average Bonchev–Trinajstić information content (AvgIpc) is 2.32. The summed E-state index contributed by atoms with van der Waals surface area (Å²) in [4.78, 5) is 10.0. The summed E-state index contributed by atoms with van der Waals surface area (Å²) in [6.45, 7) is 3.74. The Morgan fingerprint density at radius 1 is 1.67 bits per heavy atom. The third kappa shape index (κ3) is 1.59. The highest BCUT2D eigenvalue weighted by Crippen LogP contribution is 2.58. The first-order chi connectivity index (χ1) is 5.37. The molecule has 1 saturated carbocycles. The van der Waals surface area contributed by atoms with E-state index in [1.54, 1.807) is 6.08 Å². The van der Waals surface area contributed by atoms with Crippen LogP contribution in [-0.2, 0) is 4.79 Å². The van der Waals surface area contributed by atoms with Crippen molar-refractivity contribution in [1.82, 2.24) is 0 Å². The molecular weight excluding hydrogens is 199 g/mol. The highest BCUT2D eigenvalue weighted by molar-refractivity contribution is 6.45. The second-order valence-corrected chi connectivity index (χ2v) is 4.61. The highest BCUT2D eigenvalue weighted by atomic mass is 35.5. The molecule has 2 nitrogen and oxygen atoms in total. The first-order valence-corrected chi connectivity index (χ1v) is 4.48. The largest absolute Gasteiger partial charge is 0.481 e. The van der Waals surface area contributed by atoms with E-state index >= 15 is 0 Å². The Labute approximate surface area is 81.2 Å². The Balaban J connectivity index is 2.79. The summed E-state index contributed by atoms with van der Waals surface area (Å²) in [5.41, 5.74) is 0.554. The molecule has 1 aliphatic carbocycles. The highest BCUT2D eigenvalue weighted by Gasteiger charge is 2.57. The molecule has 1 atom stereocenters. The number of halogens is 2. The quantitative estimate of drug-likeness (QED) is 0.560. The lowest BCUT2D eigenvalue weighted by Gasteiger charge is -1.94. The van der Waals surface area contributed by atoms with E-state index in [2.05, 4.69) is 0 Å². The van der Waals surface area contributed by atoms with Gasteiger partial charge in [0.15, 0.2) is 0 Å². The zero-order valence-corrected chi connectivity index (χ0v) is 8.36. The number of hydrogen-bond acceptors (Lipinski definition) is 1. The molecule has 0 aromatic rings. The van der Waals surface area contributed by atoms with E-state index in [-0.39, 0.29) is 5.41 Å². The molecule has 1 aliphatic rings. The van der Waals surface area contributed by atoms with Crippen molar-refractivity contribution in [1.29, 1.82) is 0 Å². The van der Waals surface area contributed by atoms with Crippen molar-refractivity contribution < 1.29 is 9.90 Å². The fraction of sp³-hybridized carbons (Fsp3) is 0.625. The number of hydrogen-bond donors (Lipinski definition) is 1. The molecule has 0 amide bonds. The second kappa shape index (κ2) is 2.93. The van der Waals surface area contributed by atoms with Crippen molar-refractivity contribution in [2.24, 2.45) is 11.3 Å². The zero-order valence-electron chi connectivity index (χ0n) is 6.84. The fourth-order valence-corrected chi connectivity index (χ4v) is 1.74. The van der Waals surface area contributed by atoms with E-state index in [1.165, 1.54) is 0 Å². The number of carboxylic acid groups (broad SMARTS) is 1. The lowest BCUT2D eigenvalue weighted by molar-refractivity contribution is -0.139. The van der Waals surface area contributed by atoms with E-state index in [0.29, 0.717) is 0 Å². The van der Waals surface area contributed by atoms with Crippen LogP contribution in [0.3, 0.4) is 0 Å². The first-order valence-electron chi connectivity index (χ1n) is 3.60. The molecule has 0 heterocycles. The van der Waals surface area contributed by atoms with E-state index < -0.39 is 16.7 Å². The van der Waals surface area contributed by atoms with Crippen molar-refractivity contribution >= 4 is 29.2 Å². The summed E-state index contributed by atoms with van der Waals surface area (Å²) in [5, 5.41) is 8.75. The van der Waals surface area contributed by atoms with Crippen LogP contribution in [0.5, 0.6) is 0 Å². The fourth-order valence-electron chi connectivity index (χ4n) is 1.47. The summed E-state index contributed by atoms with van der Waals surface area (Å²) in [5.74, 6) is -1.21. The Kier molecular flexibility index (Phi) is 2.41. The van der Waals surface area contributed by atoms with Crippen molar-refractivity contribution in [3.8, 4) is 0 Å². The summed E-state index contributed by atoms with van der Waals surface area (Å²) >= 11 is 11.0. The van der Waals surface area contributed by atoms with Crippen LogP contribution in [0.4, 0.5) is 0 Å². The summed E-state index contributed by atoms with van der Waals surface area (Å²) in [6, 6.07) is 0. The monoisotopic (exact) mass is 208 g/mol. The molecule has 1 N–H and O–H groups in total. The van der Waals surface area contributed by atoms with Crippen LogP contribution in [0.15, 0.2) is 11.6 Å². The first kappa shape index (κ1) is 9.87. The Morgan fingerprint density at radius 2 is 2.17 bits per heavy atom. The number of carbonyl (C=O) groups is 1.